The molecule has 0 unspecified atom stereocenters. The molecule has 1 fully saturated rings. The van der Waals surface area contributed by atoms with Gasteiger partial charge in [0.25, 0.3) is 0 Å². The van der Waals surface area contributed by atoms with Crippen molar-refractivity contribution < 1.29 is 10.3 Å². The molecule has 0 aromatic heterocycles. The van der Waals surface area contributed by atoms with E-state index in [2.05, 4.69) is 17.1 Å². The van der Waals surface area contributed by atoms with E-state index < -0.39 is 0 Å². The molecule has 3 N–H and O–H groups in total. The Hall–Kier alpha value is -1.39. The van der Waals surface area contributed by atoms with Crippen molar-refractivity contribution in [3.8, 4) is 0 Å². The van der Waals surface area contributed by atoms with Crippen molar-refractivity contribution in [2.75, 3.05) is 18.4 Å². The van der Waals surface area contributed by atoms with Crippen LogP contribution in [0.15, 0.2) is 18.2 Å². The normalized spacial score (nSPS) is 18.9. The lowest BCUT2D eigenvalue weighted by Gasteiger charge is -2.34. The summed E-state index contributed by atoms with van der Waals surface area (Å²) in [6, 6.07) is 6.17. The lowest BCUT2D eigenvalue weighted by atomic mass is 10.0. The summed E-state index contributed by atoms with van der Waals surface area (Å²) in [4.78, 5) is 14.9. The standard InChI is InChI=1S/C17H26N2O.H2O/c1-4-11-19-12-6-5-10-15(19)17(20)18-16-13(2)8-7-9-14(16)3;/h7-9,15H,4-6,10-12H2,1-3H3,(H,18,20);1H2/t15-;/m0./s1. The molecule has 4 nitrogen and oxygen atoms in total. The lowest BCUT2D eigenvalue weighted by molar-refractivity contribution is -0.122. The van der Waals surface area contributed by atoms with Crippen molar-refractivity contribution in [1.82, 2.24) is 4.90 Å². The Labute approximate surface area is 127 Å². The zero-order valence-corrected chi connectivity index (χ0v) is 13.4. The molecule has 2 rings (SSSR count). The van der Waals surface area contributed by atoms with Crippen molar-refractivity contribution in [3.63, 3.8) is 0 Å². The number of para-hydroxylation sites is 1. The molecule has 0 radical (unpaired) electrons. The van der Waals surface area contributed by atoms with Gasteiger partial charge in [-0.15, -0.1) is 0 Å². The second kappa shape index (κ2) is 8.15. The first-order valence-corrected chi connectivity index (χ1v) is 7.74. The predicted octanol–water partition coefficient (Wildman–Crippen LogP) is 2.68. The van der Waals surface area contributed by atoms with Gasteiger partial charge >= 0.3 is 0 Å². The van der Waals surface area contributed by atoms with Gasteiger partial charge in [-0.2, -0.15) is 0 Å². The van der Waals surface area contributed by atoms with Gasteiger partial charge in [-0.1, -0.05) is 31.5 Å². The minimum Gasteiger partial charge on any atom is -0.412 e. The number of anilines is 1. The molecule has 4 heteroatoms. The molecule has 21 heavy (non-hydrogen) atoms. The number of amides is 1. The Balaban J connectivity index is 0.00000220. The molecule has 1 heterocycles. The van der Waals surface area contributed by atoms with E-state index in [1.807, 2.05) is 32.0 Å². The Bertz CT molecular complexity index is 452. The van der Waals surface area contributed by atoms with Crippen LogP contribution in [0.25, 0.3) is 0 Å². The van der Waals surface area contributed by atoms with Crippen molar-refractivity contribution in [2.45, 2.75) is 52.5 Å². The summed E-state index contributed by atoms with van der Waals surface area (Å²) >= 11 is 0. The zero-order valence-electron chi connectivity index (χ0n) is 13.4. The van der Waals surface area contributed by atoms with Gasteiger partial charge in [0.1, 0.15) is 0 Å². The Kier molecular flexibility index (Phi) is 6.85. The van der Waals surface area contributed by atoms with E-state index in [9.17, 15) is 4.79 Å². The number of hydrogen-bond donors (Lipinski definition) is 1. The number of likely N-dealkylation sites (tertiary alicyclic amines) is 1. The number of carbonyl (C=O) groups excluding carboxylic acids is 1. The van der Waals surface area contributed by atoms with Crippen LogP contribution in [0.3, 0.4) is 0 Å². The van der Waals surface area contributed by atoms with Gasteiger partial charge in [-0.25, -0.2) is 0 Å². The van der Waals surface area contributed by atoms with E-state index >= 15 is 0 Å². The quantitative estimate of drug-likeness (QED) is 0.927. The van der Waals surface area contributed by atoms with E-state index in [-0.39, 0.29) is 17.4 Å². The van der Waals surface area contributed by atoms with Crippen LogP contribution in [0.5, 0.6) is 0 Å². The molecule has 0 bridgehead atoms. The van der Waals surface area contributed by atoms with Crippen LogP contribution in [-0.2, 0) is 4.79 Å². The van der Waals surface area contributed by atoms with Crippen LogP contribution in [0.1, 0.15) is 43.7 Å². The van der Waals surface area contributed by atoms with Crippen molar-refractivity contribution >= 4 is 11.6 Å². The maximum atomic E-state index is 12.6. The van der Waals surface area contributed by atoms with E-state index in [0.717, 1.165) is 49.2 Å². The smallest absolute Gasteiger partial charge is 0.241 e. The predicted molar refractivity (Wildman–Crippen MR) is 87.7 cm³/mol. The molecule has 1 aromatic carbocycles. The number of aryl methyl sites for hydroxylation is 2. The molecule has 1 aromatic rings. The summed E-state index contributed by atoms with van der Waals surface area (Å²) in [7, 11) is 0. The van der Waals surface area contributed by atoms with Gasteiger partial charge < -0.3 is 10.8 Å². The highest BCUT2D eigenvalue weighted by Crippen LogP contribution is 2.23. The Morgan fingerprint density at radius 3 is 2.57 bits per heavy atom. The fraction of sp³-hybridized carbons (Fsp3) is 0.588. The highest BCUT2D eigenvalue weighted by molar-refractivity contribution is 5.96. The minimum atomic E-state index is 0. The Morgan fingerprint density at radius 2 is 1.95 bits per heavy atom. The lowest BCUT2D eigenvalue weighted by Crippen LogP contribution is -2.47. The summed E-state index contributed by atoms with van der Waals surface area (Å²) in [5.41, 5.74) is 3.26. The summed E-state index contributed by atoms with van der Waals surface area (Å²) in [6.07, 6.45) is 4.46. The van der Waals surface area contributed by atoms with Crippen LogP contribution >= 0.6 is 0 Å². The molecule has 0 spiro atoms. The molecule has 1 amide bonds. The van der Waals surface area contributed by atoms with Crippen LogP contribution < -0.4 is 5.32 Å². The molecule has 1 aliphatic rings. The molecule has 0 saturated carbocycles. The molecular formula is C17H28N2O2. The number of carbonyl (C=O) groups is 1. The maximum Gasteiger partial charge on any atom is 0.241 e. The van der Waals surface area contributed by atoms with Crippen molar-refractivity contribution in [3.05, 3.63) is 29.3 Å². The average molecular weight is 292 g/mol. The third-order valence-corrected chi connectivity index (χ3v) is 4.16. The van der Waals surface area contributed by atoms with Crippen molar-refractivity contribution in [2.24, 2.45) is 0 Å². The fourth-order valence-electron chi connectivity index (χ4n) is 3.06. The second-order valence-electron chi connectivity index (χ2n) is 5.80. The minimum absolute atomic E-state index is 0. The summed E-state index contributed by atoms with van der Waals surface area (Å²) in [6.45, 7) is 8.35. The molecule has 118 valence electrons. The van der Waals surface area contributed by atoms with Crippen LogP contribution in [0.4, 0.5) is 5.69 Å². The number of rotatable bonds is 4. The number of nitrogens with zero attached hydrogens (tertiary/aromatic N) is 1. The van der Waals surface area contributed by atoms with Gasteiger partial charge in [0.05, 0.1) is 6.04 Å². The molecule has 1 atom stereocenters. The number of hydrogen-bond acceptors (Lipinski definition) is 2. The van der Waals surface area contributed by atoms with Crippen LogP contribution in [0.2, 0.25) is 0 Å². The zero-order chi connectivity index (χ0) is 14.5. The average Bonchev–Trinajstić information content (AvgIpc) is 2.44. The first-order chi connectivity index (χ1) is 9.63. The van der Waals surface area contributed by atoms with Crippen LogP contribution in [0, 0.1) is 13.8 Å². The first-order valence-electron chi connectivity index (χ1n) is 7.74. The fourth-order valence-corrected chi connectivity index (χ4v) is 3.06. The third kappa shape index (κ3) is 4.29. The highest BCUT2D eigenvalue weighted by Gasteiger charge is 2.28. The van der Waals surface area contributed by atoms with E-state index in [0.29, 0.717) is 0 Å². The van der Waals surface area contributed by atoms with Gasteiger partial charge in [0.2, 0.25) is 5.91 Å². The van der Waals surface area contributed by atoms with Gasteiger partial charge in [-0.3, -0.25) is 9.69 Å². The van der Waals surface area contributed by atoms with E-state index in [1.54, 1.807) is 0 Å². The summed E-state index contributed by atoms with van der Waals surface area (Å²) < 4.78 is 0. The Morgan fingerprint density at radius 1 is 1.29 bits per heavy atom. The van der Waals surface area contributed by atoms with Gasteiger partial charge in [0, 0.05) is 5.69 Å². The highest BCUT2D eigenvalue weighted by atomic mass is 16.2. The molecule has 0 aliphatic carbocycles. The van der Waals surface area contributed by atoms with Crippen molar-refractivity contribution in [1.29, 1.82) is 0 Å². The molecule has 1 aliphatic heterocycles. The van der Waals surface area contributed by atoms with E-state index in [4.69, 9.17) is 0 Å². The summed E-state index contributed by atoms with van der Waals surface area (Å²) in [5.74, 6) is 0.163. The summed E-state index contributed by atoms with van der Waals surface area (Å²) in [5, 5.41) is 3.16. The topological polar surface area (TPSA) is 63.8 Å². The van der Waals surface area contributed by atoms with Crippen LogP contribution in [-0.4, -0.2) is 35.4 Å². The second-order valence-corrected chi connectivity index (χ2v) is 5.80. The van der Waals surface area contributed by atoms with E-state index in [1.165, 1.54) is 6.42 Å². The molecule has 1 saturated heterocycles. The largest absolute Gasteiger partial charge is 0.412 e. The third-order valence-electron chi connectivity index (χ3n) is 4.16. The first kappa shape index (κ1) is 17.7. The number of nitrogens with one attached hydrogen (secondary N) is 1. The number of piperidine rings is 1. The number of benzene rings is 1. The maximum absolute atomic E-state index is 12.6. The monoisotopic (exact) mass is 292 g/mol. The molecular weight excluding hydrogens is 264 g/mol. The van der Waals surface area contributed by atoms with Gasteiger partial charge in [0.15, 0.2) is 0 Å². The van der Waals surface area contributed by atoms with Gasteiger partial charge in [-0.05, 0) is 57.3 Å². The SMILES string of the molecule is CCCN1CCCC[C@H]1C(=O)Nc1c(C)cccc1C.O.